The average Bonchev–Trinajstić information content (AvgIpc) is 3.00. The topological polar surface area (TPSA) is 46.9 Å². The number of ketones is 1. The lowest BCUT2D eigenvalue weighted by Gasteiger charge is -2.05. The van der Waals surface area contributed by atoms with Gasteiger partial charge in [0.25, 0.3) is 0 Å². The molecule has 0 unspecified atom stereocenters. The van der Waals surface area contributed by atoms with Gasteiger partial charge in [0.2, 0.25) is 0 Å². The summed E-state index contributed by atoms with van der Waals surface area (Å²) in [5, 5.41) is 7.48. The van der Waals surface area contributed by atoms with Gasteiger partial charge in [-0.15, -0.1) is 0 Å². The zero-order valence-electron chi connectivity index (χ0n) is 9.37. The third kappa shape index (κ3) is 2.71. The number of nitrogens with one attached hydrogen (secondary N) is 1. The van der Waals surface area contributed by atoms with E-state index in [1.54, 1.807) is 10.9 Å². The first-order valence-corrected chi connectivity index (χ1v) is 6.49. The van der Waals surface area contributed by atoms with Crippen molar-refractivity contribution in [1.29, 1.82) is 0 Å². The lowest BCUT2D eigenvalue weighted by Crippen LogP contribution is -2.21. The van der Waals surface area contributed by atoms with E-state index >= 15 is 0 Å². The number of nitrogens with zero attached hydrogens (tertiary/aromatic N) is 2. The maximum Gasteiger partial charge on any atom is 0.183 e. The van der Waals surface area contributed by atoms with Crippen LogP contribution in [0.25, 0.3) is 0 Å². The molecule has 1 N–H and O–H groups in total. The van der Waals surface area contributed by atoms with Crippen molar-refractivity contribution in [3.05, 3.63) is 16.4 Å². The molecule has 0 amide bonds. The van der Waals surface area contributed by atoms with Gasteiger partial charge >= 0.3 is 0 Å². The molecule has 0 spiro atoms. The lowest BCUT2D eigenvalue weighted by molar-refractivity contribution is 0.0971. The van der Waals surface area contributed by atoms with E-state index < -0.39 is 0 Å². The van der Waals surface area contributed by atoms with E-state index in [1.807, 2.05) is 6.92 Å². The molecular formula is C11H16BrN3O. The zero-order valence-corrected chi connectivity index (χ0v) is 11.0. The molecule has 0 saturated heterocycles. The molecule has 0 radical (unpaired) electrons. The Bertz CT molecular complexity index is 385. The second-order valence-corrected chi connectivity index (χ2v) is 4.91. The summed E-state index contributed by atoms with van der Waals surface area (Å²) in [7, 11) is 0. The number of halogens is 1. The van der Waals surface area contributed by atoms with Crippen molar-refractivity contribution >= 4 is 21.7 Å². The molecule has 1 aliphatic carbocycles. The smallest absolute Gasteiger partial charge is 0.183 e. The molecule has 4 nitrogen and oxygen atoms in total. The minimum absolute atomic E-state index is 0.152. The fraction of sp³-hybridized carbons (Fsp3) is 0.636. The summed E-state index contributed by atoms with van der Waals surface area (Å²) in [5.74, 6) is 0.152. The molecule has 1 aromatic heterocycles. The van der Waals surface area contributed by atoms with Crippen LogP contribution in [0.5, 0.6) is 0 Å². The van der Waals surface area contributed by atoms with Crippen molar-refractivity contribution in [2.24, 2.45) is 0 Å². The number of hydrogen-bond acceptors (Lipinski definition) is 3. The molecule has 88 valence electrons. The van der Waals surface area contributed by atoms with Crippen molar-refractivity contribution in [3.8, 4) is 0 Å². The van der Waals surface area contributed by atoms with Crippen molar-refractivity contribution in [2.75, 3.05) is 6.54 Å². The summed E-state index contributed by atoms with van der Waals surface area (Å²) in [5.41, 5.74) is 0.695. The summed E-state index contributed by atoms with van der Waals surface area (Å²) in [6.45, 7) is 3.48. The van der Waals surface area contributed by atoms with Crippen LogP contribution in [0.2, 0.25) is 0 Å². The van der Waals surface area contributed by atoms with Gasteiger partial charge in [-0.25, -0.2) is 0 Å². The Labute approximate surface area is 104 Å². The van der Waals surface area contributed by atoms with E-state index in [2.05, 4.69) is 26.3 Å². The van der Waals surface area contributed by atoms with E-state index in [1.165, 1.54) is 12.8 Å². The quantitative estimate of drug-likeness (QED) is 0.814. The first kappa shape index (κ1) is 11.8. The van der Waals surface area contributed by atoms with Crippen LogP contribution in [-0.4, -0.2) is 28.2 Å². The van der Waals surface area contributed by atoms with Gasteiger partial charge in [0.05, 0.1) is 10.7 Å². The highest BCUT2D eigenvalue weighted by Crippen LogP contribution is 2.20. The number of carbonyl (C=O) groups is 1. The zero-order chi connectivity index (χ0) is 11.5. The number of hydrogen-bond donors (Lipinski definition) is 1. The minimum atomic E-state index is 0.152. The van der Waals surface area contributed by atoms with E-state index in [9.17, 15) is 4.79 Å². The van der Waals surface area contributed by atoms with Crippen LogP contribution in [0.15, 0.2) is 10.7 Å². The average molecular weight is 286 g/mol. The van der Waals surface area contributed by atoms with Crippen molar-refractivity contribution in [1.82, 2.24) is 15.1 Å². The number of aryl methyl sites for hydroxylation is 1. The van der Waals surface area contributed by atoms with Crippen molar-refractivity contribution in [3.63, 3.8) is 0 Å². The first-order valence-electron chi connectivity index (χ1n) is 5.70. The first-order chi connectivity index (χ1) is 7.72. The molecule has 0 aliphatic heterocycles. The summed E-state index contributed by atoms with van der Waals surface area (Å²) < 4.78 is 2.54. The van der Waals surface area contributed by atoms with Crippen LogP contribution in [-0.2, 0) is 6.54 Å². The summed E-state index contributed by atoms with van der Waals surface area (Å²) in [4.78, 5) is 12.0. The van der Waals surface area contributed by atoms with Gasteiger partial charge in [-0.2, -0.15) is 5.10 Å². The van der Waals surface area contributed by atoms with Crippen LogP contribution >= 0.6 is 15.9 Å². The molecule has 2 rings (SSSR count). The predicted molar refractivity (Wildman–Crippen MR) is 65.6 cm³/mol. The highest BCUT2D eigenvalue weighted by Gasteiger charge is 2.21. The Morgan fingerprint density at radius 3 is 3.06 bits per heavy atom. The third-order valence-electron chi connectivity index (χ3n) is 2.72. The largest absolute Gasteiger partial charge is 0.314 e. The SMILES string of the molecule is CCn1ncc(Br)c1C(=O)CCNC1CC1. The monoisotopic (exact) mass is 285 g/mol. The standard InChI is InChI=1S/C11H16BrN3O/c1-2-15-11(9(12)7-14-15)10(16)5-6-13-8-3-4-8/h7-8,13H,2-6H2,1H3. The third-order valence-corrected chi connectivity index (χ3v) is 3.30. The maximum atomic E-state index is 12.0. The molecule has 1 aromatic rings. The summed E-state index contributed by atoms with van der Waals surface area (Å²) in [6, 6.07) is 0.660. The van der Waals surface area contributed by atoms with Crippen molar-refractivity contribution < 1.29 is 4.79 Å². The summed E-state index contributed by atoms with van der Waals surface area (Å²) in [6.07, 6.45) is 4.74. The van der Waals surface area contributed by atoms with Crippen LogP contribution < -0.4 is 5.32 Å². The van der Waals surface area contributed by atoms with Crippen LogP contribution in [0, 0.1) is 0 Å². The van der Waals surface area contributed by atoms with E-state index in [-0.39, 0.29) is 5.78 Å². The fourth-order valence-corrected chi connectivity index (χ4v) is 2.19. The van der Waals surface area contributed by atoms with E-state index in [0.717, 1.165) is 17.6 Å². The lowest BCUT2D eigenvalue weighted by atomic mass is 10.2. The fourth-order valence-electron chi connectivity index (χ4n) is 1.68. The van der Waals surface area contributed by atoms with E-state index in [0.29, 0.717) is 18.2 Å². The number of Topliss-reactive ketones (excluding diaryl/α,β-unsaturated/α-hetero) is 1. The normalized spacial score (nSPS) is 15.4. The van der Waals surface area contributed by atoms with Crippen molar-refractivity contribution in [2.45, 2.75) is 38.8 Å². The Kier molecular flexibility index (Phi) is 3.76. The summed E-state index contributed by atoms with van der Waals surface area (Å²) >= 11 is 3.37. The van der Waals surface area contributed by atoms with Gasteiger partial charge in [0.15, 0.2) is 5.78 Å². The Hall–Kier alpha value is -0.680. The maximum absolute atomic E-state index is 12.0. The number of rotatable bonds is 6. The number of carbonyl (C=O) groups excluding carboxylic acids is 1. The van der Waals surface area contributed by atoms with Gasteiger partial charge in [0.1, 0.15) is 5.69 Å². The molecule has 1 saturated carbocycles. The highest BCUT2D eigenvalue weighted by atomic mass is 79.9. The van der Waals surface area contributed by atoms with Crippen LogP contribution in [0.4, 0.5) is 0 Å². The molecule has 16 heavy (non-hydrogen) atoms. The molecule has 5 heteroatoms. The van der Waals surface area contributed by atoms with Gasteiger partial charge in [-0.1, -0.05) is 0 Å². The van der Waals surface area contributed by atoms with Crippen LogP contribution in [0.1, 0.15) is 36.7 Å². The second-order valence-electron chi connectivity index (χ2n) is 4.06. The molecule has 0 aromatic carbocycles. The van der Waals surface area contributed by atoms with Gasteiger partial charge in [-0.3, -0.25) is 9.48 Å². The Morgan fingerprint density at radius 1 is 1.69 bits per heavy atom. The number of aromatic nitrogens is 2. The van der Waals surface area contributed by atoms with Gasteiger partial charge in [0, 0.05) is 25.6 Å². The molecule has 1 fully saturated rings. The minimum Gasteiger partial charge on any atom is -0.314 e. The molecule has 0 atom stereocenters. The highest BCUT2D eigenvalue weighted by molar-refractivity contribution is 9.10. The Morgan fingerprint density at radius 2 is 2.44 bits per heavy atom. The molecule has 1 aliphatic rings. The second kappa shape index (κ2) is 5.10. The van der Waals surface area contributed by atoms with Crippen LogP contribution in [0.3, 0.4) is 0 Å². The van der Waals surface area contributed by atoms with E-state index in [4.69, 9.17) is 0 Å². The van der Waals surface area contributed by atoms with Gasteiger partial charge in [-0.05, 0) is 35.7 Å². The molecular weight excluding hydrogens is 270 g/mol. The van der Waals surface area contributed by atoms with Gasteiger partial charge < -0.3 is 5.32 Å². The predicted octanol–water partition coefficient (Wildman–Crippen LogP) is 1.99. The molecule has 1 heterocycles. The Balaban J connectivity index is 1.92. The molecule has 0 bridgehead atoms.